The highest BCUT2D eigenvalue weighted by Crippen LogP contribution is 2.50. The van der Waals surface area contributed by atoms with Crippen LogP contribution in [-0.4, -0.2) is 94.6 Å². The van der Waals surface area contributed by atoms with E-state index in [0.29, 0.717) is 18.9 Å². The number of fused-ring (bicyclic) bond motifs is 5. The van der Waals surface area contributed by atoms with E-state index >= 15 is 8.78 Å². The van der Waals surface area contributed by atoms with Gasteiger partial charge in [-0.15, -0.1) is 0 Å². The van der Waals surface area contributed by atoms with Crippen molar-refractivity contribution in [2.24, 2.45) is 23.2 Å². The molecular weight excluding hydrogens is 815 g/mol. The van der Waals surface area contributed by atoms with Gasteiger partial charge in [-0.3, -0.25) is 19.1 Å². The van der Waals surface area contributed by atoms with E-state index in [9.17, 15) is 41.6 Å². The summed E-state index contributed by atoms with van der Waals surface area (Å²) in [5.74, 6) is -10.7. The van der Waals surface area contributed by atoms with Crippen LogP contribution in [0.5, 0.6) is 5.88 Å². The molecule has 2 aliphatic heterocycles. The molecule has 2 bridgehead atoms. The first-order valence-corrected chi connectivity index (χ1v) is 21.4. The number of amides is 4. The van der Waals surface area contributed by atoms with Crippen molar-refractivity contribution in [3.05, 3.63) is 41.6 Å². The largest absolute Gasteiger partial charge is 0.471 e. The van der Waals surface area contributed by atoms with Gasteiger partial charge in [0.1, 0.15) is 29.8 Å². The molecule has 8 unspecified atom stereocenters. The van der Waals surface area contributed by atoms with Gasteiger partial charge in [0.05, 0.1) is 39.9 Å². The van der Waals surface area contributed by atoms with E-state index in [-0.39, 0.29) is 48.2 Å². The summed E-state index contributed by atoms with van der Waals surface area (Å²) < 4.78 is 99.7. The maximum Gasteiger partial charge on any atom is 0.408 e. The number of carbonyl (C=O) groups is 4. The summed E-state index contributed by atoms with van der Waals surface area (Å²) in [5, 5.41) is 14.5. The number of sulfonamides is 1. The van der Waals surface area contributed by atoms with E-state index in [2.05, 4.69) is 20.6 Å². The molecule has 0 spiro atoms. The van der Waals surface area contributed by atoms with Gasteiger partial charge >= 0.3 is 12.0 Å². The zero-order chi connectivity index (χ0) is 43.7. The summed E-state index contributed by atoms with van der Waals surface area (Å²) >= 11 is 0. The molecule has 1 saturated heterocycles. The Morgan fingerprint density at radius 2 is 1.83 bits per heavy atom. The molecule has 2 aromatic rings. The number of rotatable bonds is 7. The third-order valence-corrected chi connectivity index (χ3v) is 14.5. The topological polar surface area (TPSA) is 210 Å². The molecular formula is C40H47F4N7O8S. The SMILES string of the molecule is CCC1C2CN(C(=O)C(C(C)(C)C)NC(=O)OC3CC3CCC=CC(F)(F)c3nc4ccc(C#N)cc4nc3O2)C1C(=O)NC1(C(=O)NS(=O)(=O)C2(C)CC2)CC1C(F)F. The molecule has 4 amide bonds. The molecule has 0 radical (unpaired) electrons. The summed E-state index contributed by atoms with van der Waals surface area (Å²) in [4.78, 5) is 66.0. The van der Waals surface area contributed by atoms with Crippen LogP contribution >= 0.6 is 0 Å². The van der Waals surface area contributed by atoms with Crippen LogP contribution < -0.4 is 20.1 Å². The molecule has 1 aromatic heterocycles. The van der Waals surface area contributed by atoms with Crippen molar-refractivity contribution in [2.45, 2.75) is 126 Å². The number of nitriles is 1. The number of allylic oxidation sites excluding steroid dienone is 2. The van der Waals surface area contributed by atoms with Crippen molar-refractivity contribution in [1.29, 1.82) is 5.26 Å². The number of nitrogens with zero attached hydrogens (tertiary/aromatic N) is 4. The fourth-order valence-electron chi connectivity index (χ4n) is 8.12. The van der Waals surface area contributed by atoms with Gasteiger partial charge in [-0.2, -0.15) is 14.0 Å². The lowest BCUT2D eigenvalue weighted by molar-refractivity contribution is -0.144. The van der Waals surface area contributed by atoms with Crippen molar-refractivity contribution < 1.29 is 54.6 Å². The second-order valence-electron chi connectivity index (χ2n) is 17.8. The molecule has 3 N–H and O–H groups in total. The fraction of sp³-hybridized carbons (Fsp3) is 0.625. The summed E-state index contributed by atoms with van der Waals surface area (Å²) in [6.07, 6.45) is -3.04. The number of carbonyl (C=O) groups excluding carboxylic acids is 4. The average molecular weight is 862 g/mol. The van der Waals surface area contributed by atoms with Gasteiger partial charge in [-0.05, 0) is 87.5 Å². The molecule has 8 atom stereocenters. The molecule has 1 aromatic carbocycles. The number of halogens is 4. The fourth-order valence-corrected chi connectivity index (χ4v) is 9.43. The lowest BCUT2D eigenvalue weighted by atomic mass is 9.85. The number of nitrogens with one attached hydrogen (secondary N) is 3. The summed E-state index contributed by atoms with van der Waals surface area (Å²) in [6, 6.07) is 3.04. The van der Waals surface area contributed by atoms with Crippen LogP contribution in [0.25, 0.3) is 11.0 Å². The van der Waals surface area contributed by atoms with Crippen LogP contribution in [0.2, 0.25) is 0 Å². The molecule has 20 heteroatoms. The van der Waals surface area contributed by atoms with Crippen LogP contribution in [0.4, 0.5) is 22.4 Å². The minimum absolute atomic E-state index is 0.0146. The van der Waals surface area contributed by atoms with Gasteiger partial charge in [0.15, 0.2) is 5.69 Å². The van der Waals surface area contributed by atoms with Gasteiger partial charge in [0, 0.05) is 5.92 Å². The second kappa shape index (κ2) is 15.1. The van der Waals surface area contributed by atoms with Gasteiger partial charge in [0.2, 0.25) is 34.1 Å². The monoisotopic (exact) mass is 861 g/mol. The third-order valence-electron chi connectivity index (χ3n) is 12.4. The summed E-state index contributed by atoms with van der Waals surface area (Å²) in [6.45, 7) is 7.48. The van der Waals surface area contributed by atoms with E-state index < -0.39 is 123 Å². The van der Waals surface area contributed by atoms with E-state index in [1.165, 1.54) is 31.2 Å². The number of benzene rings is 1. The predicted molar refractivity (Wildman–Crippen MR) is 205 cm³/mol. The van der Waals surface area contributed by atoms with Crippen LogP contribution in [0.3, 0.4) is 0 Å². The van der Waals surface area contributed by atoms with Gasteiger partial charge in [-0.25, -0.2) is 32.0 Å². The maximum atomic E-state index is 16.2. The van der Waals surface area contributed by atoms with Gasteiger partial charge < -0.3 is 25.0 Å². The summed E-state index contributed by atoms with van der Waals surface area (Å²) in [5.41, 5.74) is -4.08. The number of ether oxygens (including phenoxy) is 2. The summed E-state index contributed by atoms with van der Waals surface area (Å²) in [7, 11) is -4.33. The standard InChI is InChI=1S/C40H47F4N7O8S/c1-6-22-27-19-51(28(22)32(52)49-39(17-23(39)31(41)42)35(54)50-60(56,57)38(5)13-14-38)34(53)30(37(2,3)4)48-36(55)59-26-16-21(26)9-7-8-12-40(43,44)29-33(58-27)47-25-15-20(18-45)10-11-24(25)46-29/h8,10-12,15,21-23,26-28,30-31H,6-7,9,13-14,16-17,19H2,1-5H3,(H,48,55)(H,49,52)(H,50,54). The Hall–Kier alpha value is -5.06. The normalized spacial score (nSPS) is 30.9. The highest BCUT2D eigenvalue weighted by atomic mass is 32.2. The first-order valence-electron chi connectivity index (χ1n) is 19.9. The molecule has 5 aliphatic rings. The number of hydrogen-bond donors (Lipinski definition) is 3. The number of alkyl carbamates (subject to hydrolysis) is 1. The molecule has 3 aliphatic carbocycles. The minimum Gasteiger partial charge on any atom is -0.471 e. The predicted octanol–water partition coefficient (Wildman–Crippen LogP) is 4.60. The number of aromatic nitrogens is 2. The molecule has 4 fully saturated rings. The Balaban J connectivity index is 1.31. The van der Waals surface area contributed by atoms with Crippen molar-refractivity contribution in [3.63, 3.8) is 0 Å². The second-order valence-corrected chi connectivity index (χ2v) is 20.0. The van der Waals surface area contributed by atoms with Crippen molar-refractivity contribution in [3.8, 4) is 11.9 Å². The number of hydrogen-bond acceptors (Lipinski definition) is 11. The highest BCUT2D eigenvalue weighted by Gasteiger charge is 2.68. The van der Waals surface area contributed by atoms with Gasteiger partial charge in [-0.1, -0.05) is 33.8 Å². The van der Waals surface area contributed by atoms with Crippen LogP contribution in [0, 0.1) is 34.5 Å². The quantitative estimate of drug-likeness (QED) is 0.259. The Bertz CT molecular complexity index is 2300. The molecule has 3 saturated carbocycles. The molecule has 60 heavy (non-hydrogen) atoms. The molecule has 3 heterocycles. The average Bonchev–Trinajstić information content (AvgIpc) is 4.12. The first kappa shape index (κ1) is 43.0. The zero-order valence-corrected chi connectivity index (χ0v) is 34.5. The maximum absolute atomic E-state index is 16.2. The van der Waals surface area contributed by atoms with Crippen LogP contribution in [-0.2, 0) is 35.1 Å². The van der Waals surface area contributed by atoms with Gasteiger partial charge in [0.25, 0.3) is 5.91 Å². The van der Waals surface area contributed by atoms with E-state index in [1.807, 2.05) is 10.8 Å². The molecule has 324 valence electrons. The minimum atomic E-state index is -4.33. The lowest BCUT2D eigenvalue weighted by Gasteiger charge is -2.36. The Morgan fingerprint density at radius 3 is 2.45 bits per heavy atom. The molecule has 15 nitrogen and oxygen atoms in total. The number of alkyl halides is 4. The van der Waals surface area contributed by atoms with E-state index in [0.717, 1.165) is 4.90 Å². The van der Waals surface area contributed by atoms with Crippen LogP contribution in [0.15, 0.2) is 30.4 Å². The van der Waals surface area contributed by atoms with Crippen LogP contribution in [0.1, 0.15) is 90.8 Å². The Kier molecular flexibility index (Phi) is 10.9. The smallest absolute Gasteiger partial charge is 0.408 e. The van der Waals surface area contributed by atoms with E-state index in [1.54, 1.807) is 27.7 Å². The first-order chi connectivity index (χ1) is 28.0. The molecule has 7 rings (SSSR count). The van der Waals surface area contributed by atoms with Crippen molar-refractivity contribution >= 4 is 44.9 Å². The Labute approximate surface area is 344 Å². The third kappa shape index (κ3) is 8.08. The Morgan fingerprint density at radius 1 is 1.12 bits per heavy atom. The van der Waals surface area contributed by atoms with E-state index in [4.69, 9.17) is 9.47 Å². The lowest BCUT2D eigenvalue weighted by Crippen LogP contribution is -2.61. The van der Waals surface area contributed by atoms with Crippen molar-refractivity contribution in [2.75, 3.05) is 6.54 Å². The van der Waals surface area contributed by atoms with Crippen molar-refractivity contribution in [1.82, 2.24) is 30.2 Å². The highest BCUT2D eigenvalue weighted by molar-refractivity contribution is 7.91. The zero-order valence-electron chi connectivity index (χ0n) is 33.6.